The predicted octanol–water partition coefficient (Wildman–Crippen LogP) is 0.0641. The minimum atomic E-state index is 0.538. The molecule has 82 valence electrons. The third kappa shape index (κ3) is 3.07. The van der Waals surface area contributed by atoms with Gasteiger partial charge in [-0.2, -0.15) is 0 Å². The van der Waals surface area contributed by atoms with Crippen LogP contribution in [0.15, 0.2) is 18.3 Å². The van der Waals surface area contributed by atoms with Crippen molar-refractivity contribution in [2.45, 2.75) is 6.04 Å². The normalized spacial score (nSPS) is 16.0. The molecule has 2 rings (SSSR count). The second-order valence-electron chi connectivity index (χ2n) is 3.59. The highest BCUT2D eigenvalue weighted by molar-refractivity contribution is 5.45. The number of aromatic nitrogens is 1. The Morgan fingerprint density at radius 1 is 1.40 bits per heavy atom. The van der Waals surface area contributed by atoms with Gasteiger partial charge in [-0.3, -0.25) is 0 Å². The summed E-state index contributed by atoms with van der Waals surface area (Å²) >= 11 is 0. The Bertz CT molecular complexity index is 297. The summed E-state index contributed by atoms with van der Waals surface area (Å²) in [7, 11) is 0. The maximum atomic E-state index is 5.48. The van der Waals surface area contributed by atoms with Gasteiger partial charge in [-0.1, -0.05) is 0 Å². The molecule has 2 heterocycles. The van der Waals surface area contributed by atoms with E-state index >= 15 is 0 Å². The predicted molar refractivity (Wildman–Crippen MR) is 59.7 cm³/mol. The van der Waals surface area contributed by atoms with Crippen LogP contribution < -0.4 is 16.4 Å². The van der Waals surface area contributed by atoms with Crippen LogP contribution in [0.2, 0.25) is 0 Å². The number of rotatable bonds is 5. The Morgan fingerprint density at radius 2 is 2.27 bits per heavy atom. The van der Waals surface area contributed by atoms with E-state index in [0.717, 1.165) is 32.0 Å². The van der Waals surface area contributed by atoms with Crippen LogP contribution in [-0.2, 0) is 4.74 Å². The molecule has 0 atom stereocenters. The molecule has 0 aromatic carbocycles. The summed E-state index contributed by atoms with van der Waals surface area (Å²) in [5, 5.41) is 6.62. The Morgan fingerprint density at radius 3 is 2.87 bits per heavy atom. The van der Waals surface area contributed by atoms with E-state index in [9.17, 15) is 0 Å². The number of anilines is 2. The van der Waals surface area contributed by atoms with Crippen molar-refractivity contribution in [3.05, 3.63) is 18.3 Å². The molecule has 5 heteroatoms. The maximum absolute atomic E-state index is 5.48. The van der Waals surface area contributed by atoms with Gasteiger partial charge in [0.25, 0.3) is 0 Å². The molecule has 0 radical (unpaired) electrons. The molecule has 5 nitrogen and oxygen atoms in total. The fourth-order valence-corrected chi connectivity index (χ4v) is 1.35. The minimum Gasteiger partial charge on any atom is -0.384 e. The van der Waals surface area contributed by atoms with E-state index in [0.29, 0.717) is 11.9 Å². The van der Waals surface area contributed by atoms with E-state index in [1.54, 1.807) is 12.3 Å². The summed E-state index contributed by atoms with van der Waals surface area (Å²) in [5.74, 6) is 0.547. The first-order valence-corrected chi connectivity index (χ1v) is 5.11. The Kier molecular flexibility index (Phi) is 3.37. The Hall–Kier alpha value is -1.33. The van der Waals surface area contributed by atoms with Gasteiger partial charge in [0.1, 0.15) is 5.82 Å². The van der Waals surface area contributed by atoms with Gasteiger partial charge in [-0.15, -0.1) is 0 Å². The molecule has 1 aromatic rings. The summed E-state index contributed by atoms with van der Waals surface area (Å²) in [6, 6.07) is 4.25. The topological polar surface area (TPSA) is 72.2 Å². The highest BCUT2D eigenvalue weighted by Crippen LogP contribution is 2.06. The van der Waals surface area contributed by atoms with Crippen molar-refractivity contribution in [2.75, 3.05) is 37.4 Å². The van der Waals surface area contributed by atoms with E-state index in [1.807, 2.05) is 6.07 Å². The molecule has 0 saturated carbocycles. The quantitative estimate of drug-likeness (QED) is 0.597. The van der Waals surface area contributed by atoms with Gasteiger partial charge in [0.2, 0.25) is 0 Å². The summed E-state index contributed by atoms with van der Waals surface area (Å²) in [6.45, 7) is 3.48. The number of nitrogens with zero attached hydrogens (tertiary/aromatic N) is 1. The summed E-state index contributed by atoms with van der Waals surface area (Å²) < 4.78 is 5.06. The lowest BCUT2D eigenvalue weighted by Gasteiger charge is -2.27. The van der Waals surface area contributed by atoms with Crippen LogP contribution in [0.5, 0.6) is 0 Å². The SMILES string of the molecule is Nc1ccc(NCCNC2COC2)cn1. The van der Waals surface area contributed by atoms with Crippen LogP contribution in [0.1, 0.15) is 0 Å². The number of hydrogen-bond donors (Lipinski definition) is 3. The molecular formula is C10H16N4O. The Balaban J connectivity index is 1.62. The smallest absolute Gasteiger partial charge is 0.123 e. The number of ether oxygens (including phenoxy) is 1. The van der Waals surface area contributed by atoms with E-state index in [1.165, 1.54) is 0 Å². The number of pyridine rings is 1. The number of nitrogens with two attached hydrogens (primary N) is 1. The molecule has 1 aromatic heterocycles. The number of nitrogens with one attached hydrogen (secondary N) is 2. The van der Waals surface area contributed by atoms with Crippen LogP contribution in [-0.4, -0.2) is 37.3 Å². The third-order valence-electron chi connectivity index (χ3n) is 2.31. The molecular weight excluding hydrogens is 192 g/mol. The molecule has 0 unspecified atom stereocenters. The average Bonchev–Trinajstić information content (AvgIpc) is 2.18. The zero-order chi connectivity index (χ0) is 10.5. The van der Waals surface area contributed by atoms with Crippen molar-refractivity contribution < 1.29 is 4.74 Å². The van der Waals surface area contributed by atoms with Gasteiger partial charge in [0, 0.05) is 13.1 Å². The van der Waals surface area contributed by atoms with Crippen molar-refractivity contribution in [3.8, 4) is 0 Å². The van der Waals surface area contributed by atoms with Gasteiger partial charge < -0.3 is 21.1 Å². The van der Waals surface area contributed by atoms with Crippen LogP contribution in [0.25, 0.3) is 0 Å². The van der Waals surface area contributed by atoms with Gasteiger partial charge in [-0.25, -0.2) is 4.98 Å². The van der Waals surface area contributed by atoms with E-state index in [-0.39, 0.29) is 0 Å². The van der Waals surface area contributed by atoms with Crippen LogP contribution in [0.3, 0.4) is 0 Å². The van der Waals surface area contributed by atoms with Crippen molar-refractivity contribution in [2.24, 2.45) is 0 Å². The zero-order valence-corrected chi connectivity index (χ0v) is 8.57. The monoisotopic (exact) mass is 208 g/mol. The highest BCUT2D eigenvalue weighted by Gasteiger charge is 2.16. The van der Waals surface area contributed by atoms with Crippen LogP contribution in [0, 0.1) is 0 Å². The van der Waals surface area contributed by atoms with Gasteiger partial charge in [0.05, 0.1) is 31.1 Å². The fourth-order valence-electron chi connectivity index (χ4n) is 1.35. The van der Waals surface area contributed by atoms with Crippen molar-refractivity contribution in [1.29, 1.82) is 0 Å². The summed E-state index contributed by atoms with van der Waals surface area (Å²) in [6.07, 6.45) is 1.74. The molecule has 0 amide bonds. The van der Waals surface area contributed by atoms with Crippen LogP contribution in [0.4, 0.5) is 11.5 Å². The summed E-state index contributed by atoms with van der Waals surface area (Å²) in [4.78, 5) is 4.00. The minimum absolute atomic E-state index is 0.538. The van der Waals surface area contributed by atoms with E-state index in [4.69, 9.17) is 10.5 Å². The Labute approximate surface area is 89.0 Å². The lowest BCUT2D eigenvalue weighted by Crippen LogP contribution is -2.47. The standard InChI is InChI=1S/C10H16N4O/c11-10-2-1-8(5-14-10)12-3-4-13-9-6-15-7-9/h1-2,5,9,12-13H,3-4,6-7H2,(H2,11,14). The largest absolute Gasteiger partial charge is 0.384 e. The summed E-state index contributed by atoms with van der Waals surface area (Å²) in [5.41, 5.74) is 6.48. The molecule has 0 aliphatic carbocycles. The average molecular weight is 208 g/mol. The fraction of sp³-hybridized carbons (Fsp3) is 0.500. The first-order valence-electron chi connectivity index (χ1n) is 5.11. The zero-order valence-electron chi connectivity index (χ0n) is 8.57. The van der Waals surface area contributed by atoms with Crippen LogP contribution >= 0.6 is 0 Å². The second-order valence-corrected chi connectivity index (χ2v) is 3.59. The van der Waals surface area contributed by atoms with Gasteiger partial charge in [0.15, 0.2) is 0 Å². The van der Waals surface area contributed by atoms with Crippen molar-refractivity contribution >= 4 is 11.5 Å². The first kappa shape index (κ1) is 10.2. The van der Waals surface area contributed by atoms with Crippen molar-refractivity contribution in [3.63, 3.8) is 0 Å². The molecule has 0 spiro atoms. The number of hydrogen-bond acceptors (Lipinski definition) is 5. The molecule has 4 N–H and O–H groups in total. The first-order chi connectivity index (χ1) is 7.34. The van der Waals surface area contributed by atoms with E-state index < -0.39 is 0 Å². The van der Waals surface area contributed by atoms with Gasteiger partial charge >= 0.3 is 0 Å². The molecule has 1 fully saturated rings. The third-order valence-corrected chi connectivity index (χ3v) is 2.31. The lowest BCUT2D eigenvalue weighted by molar-refractivity contribution is -0.00433. The van der Waals surface area contributed by atoms with Crippen molar-refractivity contribution in [1.82, 2.24) is 10.3 Å². The molecule has 1 aliphatic rings. The molecule has 15 heavy (non-hydrogen) atoms. The second kappa shape index (κ2) is 4.95. The maximum Gasteiger partial charge on any atom is 0.123 e. The molecule has 1 aliphatic heterocycles. The molecule has 0 bridgehead atoms. The van der Waals surface area contributed by atoms with E-state index in [2.05, 4.69) is 15.6 Å². The highest BCUT2D eigenvalue weighted by atomic mass is 16.5. The lowest BCUT2D eigenvalue weighted by atomic mass is 10.2. The number of nitrogen functional groups attached to an aromatic ring is 1. The molecule has 1 saturated heterocycles. The van der Waals surface area contributed by atoms with Gasteiger partial charge in [-0.05, 0) is 12.1 Å².